The Bertz CT molecular complexity index is 1070. The van der Waals surface area contributed by atoms with Crippen LogP contribution in [0.2, 0.25) is 5.02 Å². The highest BCUT2D eigenvalue weighted by atomic mass is 35.5. The first-order valence-electron chi connectivity index (χ1n) is 7.48. The van der Waals surface area contributed by atoms with Crippen LogP contribution in [-0.4, -0.2) is 15.6 Å². The summed E-state index contributed by atoms with van der Waals surface area (Å²) in [7, 11) is 0. The summed E-state index contributed by atoms with van der Waals surface area (Å²) in [4.78, 5) is 12.8. The van der Waals surface area contributed by atoms with E-state index in [0.29, 0.717) is 21.8 Å². The van der Waals surface area contributed by atoms with Crippen molar-refractivity contribution in [3.63, 3.8) is 0 Å². The zero-order valence-electron chi connectivity index (χ0n) is 13.3. The van der Waals surface area contributed by atoms with Crippen LogP contribution in [0.15, 0.2) is 54.6 Å². The second-order valence-electron chi connectivity index (χ2n) is 5.37. The smallest absolute Gasteiger partial charge is 0.213 e. The zero-order valence-corrected chi connectivity index (χ0v) is 14.1. The van der Waals surface area contributed by atoms with Gasteiger partial charge in [-0.15, -0.1) is 0 Å². The number of benzene rings is 2. The molecule has 1 heterocycles. The van der Waals surface area contributed by atoms with E-state index in [0.717, 1.165) is 0 Å². The molecule has 3 rings (SSSR count). The molecule has 3 aromatic rings. The maximum atomic E-state index is 12.8. The molecule has 6 heteroatoms. The Morgan fingerprint density at radius 2 is 1.80 bits per heavy atom. The van der Waals surface area contributed by atoms with Gasteiger partial charge in [-0.3, -0.25) is 10.2 Å². The molecule has 0 amide bonds. The number of hydrogen-bond acceptors (Lipinski definition) is 4. The number of carbonyl (C=O) groups excluding carboxylic acids is 1. The van der Waals surface area contributed by atoms with Gasteiger partial charge in [0, 0.05) is 11.1 Å². The van der Waals surface area contributed by atoms with Crippen molar-refractivity contribution < 1.29 is 4.79 Å². The van der Waals surface area contributed by atoms with E-state index in [2.05, 4.69) is 5.10 Å². The Labute approximate surface area is 149 Å². The molecule has 0 unspecified atom stereocenters. The highest BCUT2D eigenvalue weighted by molar-refractivity contribution is 6.32. The third kappa shape index (κ3) is 2.95. The SMILES string of the molecule is Cc1c(C(=O)c2ccccc2)nn(-c2ccccc2Cl)c(=N)c1C#N. The molecule has 0 aliphatic heterocycles. The van der Waals surface area contributed by atoms with E-state index in [9.17, 15) is 10.1 Å². The number of hydrogen-bond donors (Lipinski definition) is 1. The van der Waals surface area contributed by atoms with Crippen LogP contribution >= 0.6 is 11.6 Å². The number of carbonyl (C=O) groups is 1. The fourth-order valence-corrected chi connectivity index (χ4v) is 2.72. The van der Waals surface area contributed by atoms with Crippen molar-refractivity contribution in [3.8, 4) is 11.8 Å². The Balaban J connectivity index is 2.30. The summed E-state index contributed by atoms with van der Waals surface area (Å²) in [5.41, 5.74) is 1.38. The van der Waals surface area contributed by atoms with Gasteiger partial charge in [0.05, 0.1) is 10.7 Å². The average Bonchev–Trinajstić information content (AvgIpc) is 2.63. The summed E-state index contributed by atoms with van der Waals surface area (Å²) in [6.07, 6.45) is 0. The van der Waals surface area contributed by atoms with E-state index in [1.165, 1.54) is 4.68 Å². The lowest BCUT2D eigenvalue weighted by molar-refractivity contribution is 0.103. The topological polar surface area (TPSA) is 82.5 Å². The summed E-state index contributed by atoms with van der Waals surface area (Å²) >= 11 is 6.20. The van der Waals surface area contributed by atoms with Gasteiger partial charge in [0.1, 0.15) is 17.3 Å². The molecule has 25 heavy (non-hydrogen) atoms. The maximum absolute atomic E-state index is 12.8. The number of halogens is 1. The molecule has 5 nitrogen and oxygen atoms in total. The van der Waals surface area contributed by atoms with E-state index in [4.69, 9.17) is 17.0 Å². The van der Waals surface area contributed by atoms with Crippen molar-refractivity contribution in [2.45, 2.75) is 6.92 Å². The highest BCUT2D eigenvalue weighted by Crippen LogP contribution is 2.20. The highest BCUT2D eigenvalue weighted by Gasteiger charge is 2.20. The lowest BCUT2D eigenvalue weighted by Crippen LogP contribution is -2.28. The van der Waals surface area contributed by atoms with Gasteiger partial charge in [-0.1, -0.05) is 54.1 Å². The molecule has 0 fully saturated rings. The summed E-state index contributed by atoms with van der Waals surface area (Å²) in [6, 6.07) is 17.5. The van der Waals surface area contributed by atoms with Crippen LogP contribution in [0.4, 0.5) is 0 Å². The molecule has 0 saturated carbocycles. The van der Waals surface area contributed by atoms with Gasteiger partial charge in [0.2, 0.25) is 5.78 Å². The number of aromatic nitrogens is 2. The van der Waals surface area contributed by atoms with Crippen molar-refractivity contribution in [1.29, 1.82) is 10.7 Å². The molecule has 2 aromatic carbocycles. The molecule has 1 N–H and O–H groups in total. The molecule has 122 valence electrons. The standard InChI is InChI=1S/C19H13ClN4O/c1-12-14(11-21)19(22)24(16-10-6-5-9-15(16)20)23-17(12)18(25)13-7-3-2-4-8-13/h2-10,22H,1H3. The monoisotopic (exact) mass is 348 g/mol. The lowest BCUT2D eigenvalue weighted by atomic mass is 10.0. The third-order valence-corrected chi connectivity index (χ3v) is 4.14. The predicted octanol–water partition coefficient (Wildman–Crippen LogP) is 3.42. The maximum Gasteiger partial charge on any atom is 0.213 e. The van der Waals surface area contributed by atoms with Crippen molar-refractivity contribution >= 4 is 17.4 Å². The molecule has 0 atom stereocenters. The Morgan fingerprint density at radius 3 is 2.44 bits per heavy atom. The Morgan fingerprint density at radius 1 is 1.16 bits per heavy atom. The van der Waals surface area contributed by atoms with Gasteiger partial charge >= 0.3 is 0 Å². The molecule has 0 radical (unpaired) electrons. The van der Waals surface area contributed by atoms with Crippen LogP contribution in [0.25, 0.3) is 5.69 Å². The average molecular weight is 349 g/mol. The Kier molecular flexibility index (Phi) is 4.46. The molecular formula is C19H13ClN4O. The number of nitrogens with zero attached hydrogens (tertiary/aromatic N) is 3. The second kappa shape index (κ2) is 6.71. The minimum absolute atomic E-state index is 0.0919. The summed E-state index contributed by atoms with van der Waals surface area (Å²) in [5, 5.41) is 22.4. The van der Waals surface area contributed by atoms with Crippen molar-refractivity contribution in [3.05, 3.63) is 87.5 Å². The van der Waals surface area contributed by atoms with Crippen LogP contribution in [0, 0.1) is 23.7 Å². The molecular weight excluding hydrogens is 336 g/mol. The molecule has 0 spiro atoms. The van der Waals surface area contributed by atoms with Crippen LogP contribution in [0.3, 0.4) is 0 Å². The molecule has 0 saturated heterocycles. The lowest BCUT2D eigenvalue weighted by Gasteiger charge is -2.13. The van der Waals surface area contributed by atoms with E-state index >= 15 is 0 Å². The van der Waals surface area contributed by atoms with Crippen LogP contribution < -0.4 is 5.49 Å². The number of nitrogens with one attached hydrogen (secondary N) is 1. The van der Waals surface area contributed by atoms with Gasteiger partial charge in [0.25, 0.3) is 0 Å². The second-order valence-corrected chi connectivity index (χ2v) is 5.77. The van der Waals surface area contributed by atoms with Crippen LogP contribution in [0.1, 0.15) is 27.2 Å². The minimum Gasteiger partial charge on any atom is -0.287 e. The number of para-hydroxylation sites is 1. The van der Waals surface area contributed by atoms with Gasteiger partial charge in [-0.2, -0.15) is 10.4 Å². The summed E-state index contributed by atoms with van der Waals surface area (Å²) < 4.78 is 1.23. The molecule has 1 aromatic heterocycles. The fourth-order valence-electron chi connectivity index (χ4n) is 2.50. The van der Waals surface area contributed by atoms with Crippen molar-refractivity contribution in [1.82, 2.24) is 9.78 Å². The van der Waals surface area contributed by atoms with E-state index in [-0.39, 0.29) is 22.5 Å². The predicted molar refractivity (Wildman–Crippen MR) is 93.8 cm³/mol. The van der Waals surface area contributed by atoms with E-state index < -0.39 is 0 Å². The fraction of sp³-hybridized carbons (Fsp3) is 0.0526. The zero-order chi connectivity index (χ0) is 18.0. The third-order valence-electron chi connectivity index (χ3n) is 3.82. The largest absolute Gasteiger partial charge is 0.287 e. The van der Waals surface area contributed by atoms with Crippen LogP contribution in [-0.2, 0) is 0 Å². The molecule has 0 bridgehead atoms. The summed E-state index contributed by atoms with van der Waals surface area (Å²) in [5.74, 6) is -0.310. The van der Waals surface area contributed by atoms with Gasteiger partial charge < -0.3 is 0 Å². The quantitative estimate of drug-likeness (QED) is 0.736. The first-order chi connectivity index (χ1) is 12.0. The van der Waals surface area contributed by atoms with E-state index in [1.807, 2.05) is 12.1 Å². The van der Waals surface area contributed by atoms with Gasteiger partial charge in [-0.05, 0) is 19.1 Å². The Hall–Kier alpha value is -3.23. The van der Waals surface area contributed by atoms with Gasteiger partial charge in [-0.25, -0.2) is 4.68 Å². The normalized spacial score (nSPS) is 10.3. The van der Waals surface area contributed by atoms with Crippen molar-refractivity contribution in [2.75, 3.05) is 0 Å². The first-order valence-corrected chi connectivity index (χ1v) is 7.85. The number of rotatable bonds is 3. The summed E-state index contributed by atoms with van der Waals surface area (Å²) in [6.45, 7) is 1.62. The van der Waals surface area contributed by atoms with E-state index in [1.54, 1.807) is 55.5 Å². The number of nitriles is 1. The van der Waals surface area contributed by atoms with Gasteiger partial charge in [0.15, 0.2) is 5.49 Å². The number of ketones is 1. The van der Waals surface area contributed by atoms with Crippen LogP contribution in [0.5, 0.6) is 0 Å². The van der Waals surface area contributed by atoms with Crippen molar-refractivity contribution in [2.24, 2.45) is 0 Å². The molecule has 0 aliphatic rings. The molecule has 0 aliphatic carbocycles. The minimum atomic E-state index is -0.310. The first kappa shape index (κ1) is 16.6.